The van der Waals surface area contributed by atoms with Crippen molar-refractivity contribution in [2.45, 2.75) is 38.7 Å². The first kappa shape index (κ1) is 15.5. The second-order valence-electron chi connectivity index (χ2n) is 5.31. The number of hydrogen-bond acceptors (Lipinski definition) is 3. The van der Waals surface area contributed by atoms with Crippen LogP contribution in [0.4, 0.5) is 0 Å². The van der Waals surface area contributed by atoms with Crippen molar-refractivity contribution >= 4 is 5.78 Å². The third-order valence-corrected chi connectivity index (χ3v) is 3.72. The number of aliphatic hydroxyl groups is 1. The van der Waals surface area contributed by atoms with Gasteiger partial charge in [-0.05, 0) is 19.4 Å². The van der Waals surface area contributed by atoms with Crippen molar-refractivity contribution in [1.29, 1.82) is 0 Å². The van der Waals surface area contributed by atoms with E-state index in [-0.39, 0.29) is 11.5 Å². The minimum absolute atomic E-state index is 0.119. The molecule has 1 aliphatic carbocycles. The molecule has 3 nitrogen and oxygen atoms in total. The van der Waals surface area contributed by atoms with E-state index in [1.165, 1.54) is 0 Å². The van der Waals surface area contributed by atoms with Crippen LogP contribution in [0.2, 0.25) is 0 Å². The molecule has 3 heteroatoms. The van der Waals surface area contributed by atoms with Gasteiger partial charge in [-0.3, -0.25) is 4.79 Å². The molecule has 0 saturated heterocycles. The number of allylic oxidation sites excluding steroid dienone is 2. The first-order chi connectivity index (χ1) is 10.1. The molecular formula is C18H22O3. The number of carbonyl (C=O) groups excluding carboxylic acids is 1. The molecule has 112 valence electrons. The summed E-state index contributed by atoms with van der Waals surface area (Å²) in [6, 6.07) is 9.01. The molecule has 0 heterocycles. The van der Waals surface area contributed by atoms with Crippen LogP contribution in [-0.2, 0) is 4.74 Å². The maximum atomic E-state index is 12.4. The fraction of sp³-hybridized carbons (Fsp3) is 0.389. The van der Waals surface area contributed by atoms with Crippen LogP contribution in [-0.4, -0.2) is 23.1 Å². The van der Waals surface area contributed by atoms with Gasteiger partial charge in [0.15, 0.2) is 5.78 Å². The number of Topliss-reactive ketones (excluding diaryl/α,β-unsaturated/α-hetero) is 1. The van der Waals surface area contributed by atoms with Crippen LogP contribution < -0.4 is 0 Å². The summed E-state index contributed by atoms with van der Waals surface area (Å²) in [5.74, 6) is -0.0285. The van der Waals surface area contributed by atoms with Crippen molar-refractivity contribution in [1.82, 2.24) is 0 Å². The zero-order valence-electron chi connectivity index (χ0n) is 12.6. The topological polar surface area (TPSA) is 46.5 Å². The van der Waals surface area contributed by atoms with Gasteiger partial charge in [-0.2, -0.15) is 0 Å². The van der Waals surface area contributed by atoms with E-state index in [2.05, 4.69) is 6.92 Å². The predicted octanol–water partition coefficient (Wildman–Crippen LogP) is 4.22. The summed E-state index contributed by atoms with van der Waals surface area (Å²) in [6.45, 7) is 4.61. The normalized spacial score (nSPS) is 21.6. The Bertz CT molecular complexity index is 549. The lowest BCUT2D eigenvalue weighted by atomic mass is 9.84. The highest BCUT2D eigenvalue weighted by molar-refractivity contribution is 6.11. The van der Waals surface area contributed by atoms with Gasteiger partial charge in [0.1, 0.15) is 5.76 Å². The van der Waals surface area contributed by atoms with Crippen LogP contribution in [0.25, 0.3) is 0 Å². The number of rotatable bonds is 6. The SMILES string of the molecule is CCCC1(OCC)C=CC(C(=O)c2ccccc2)=C(O)C1. The quantitative estimate of drug-likeness (QED) is 0.796. The Morgan fingerprint density at radius 2 is 2.00 bits per heavy atom. The van der Waals surface area contributed by atoms with Crippen molar-refractivity contribution in [2.24, 2.45) is 0 Å². The zero-order chi connectivity index (χ0) is 15.3. The monoisotopic (exact) mass is 286 g/mol. The van der Waals surface area contributed by atoms with Gasteiger partial charge >= 0.3 is 0 Å². The van der Waals surface area contributed by atoms with Gasteiger partial charge in [-0.15, -0.1) is 0 Å². The van der Waals surface area contributed by atoms with E-state index < -0.39 is 5.60 Å². The van der Waals surface area contributed by atoms with Crippen LogP contribution in [0.5, 0.6) is 0 Å². The minimum Gasteiger partial charge on any atom is -0.511 e. The summed E-state index contributed by atoms with van der Waals surface area (Å²) < 4.78 is 5.82. The summed E-state index contributed by atoms with van der Waals surface area (Å²) in [5, 5.41) is 10.3. The van der Waals surface area contributed by atoms with Crippen molar-refractivity contribution in [3.63, 3.8) is 0 Å². The fourth-order valence-corrected chi connectivity index (χ4v) is 2.77. The molecule has 0 bridgehead atoms. The maximum absolute atomic E-state index is 12.4. The van der Waals surface area contributed by atoms with Crippen molar-refractivity contribution < 1.29 is 14.6 Å². The Balaban J connectivity index is 2.25. The molecule has 1 unspecified atom stereocenters. The molecule has 0 aromatic heterocycles. The van der Waals surface area contributed by atoms with Gasteiger partial charge in [0.05, 0.1) is 11.2 Å². The Labute approximate surface area is 125 Å². The summed E-state index contributed by atoms with van der Waals surface area (Å²) in [7, 11) is 0. The van der Waals surface area contributed by atoms with E-state index in [0.717, 1.165) is 12.8 Å². The number of aliphatic hydroxyl groups excluding tert-OH is 1. The number of ether oxygens (including phenoxy) is 1. The lowest BCUT2D eigenvalue weighted by molar-refractivity contribution is -0.0153. The van der Waals surface area contributed by atoms with Crippen LogP contribution in [0.1, 0.15) is 43.5 Å². The Hall–Kier alpha value is -1.87. The Kier molecular flexibility index (Phi) is 4.97. The molecule has 0 spiro atoms. The maximum Gasteiger partial charge on any atom is 0.196 e. The average Bonchev–Trinajstić information content (AvgIpc) is 2.48. The fourth-order valence-electron chi connectivity index (χ4n) is 2.77. The molecule has 21 heavy (non-hydrogen) atoms. The second-order valence-corrected chi connectivity index (χ2v) is 5.31. The molecule has 0 saturated carbocycles. The lowest BCUT2D eigenvalue weighted by Gasteiger charge is -2.33. The smallest absolute Gasteiger partial charge is 0.196 e. The van der Waals surface area contributed by atoms with Crippen LogP contribution in [0.3, 0.4) is 0 Å². The predicted molar refractivity (Wildman–Crippen MR) is 83.4 cm³/mol. The highest BCUT2D eigenvalue weighted by Crippen LogP contribution is 2.34. The van der Waals surface area contributed by atoms with Crippen molar-refractivity contribution in [3.05, 3.63) is 59.4 Å². The third kappa shape index (κ3) is 3.42. The van der Waals surface area contributed by atoms with Gasteiger partial charge in [0.2, 0.25) is 0 Å². The molecular weight excluding hydrogens is 264 g/mol. The molecule has 1 aromatic carbocycles. The van der Waals surface area contributed by atoms with Gasteiger partial charge < -0.3 is 9.84 Å². The molecule has 1 N–H and O–H groups in total. The van der Waals surface area contributed by atoms with E-state index in [0.29, 0.717) is 24.2 Å². The Morgan fingerprint density at radius 1 is 1.29 bits per heavy atom. The second kappa shape index (κ2) is 6.72. The van der Waals surface area contributed by atoms with Crippen molar-refractivity contribution in [2.75, 3.05) is 6.61 Å². The van der Waals surface area contributed by atoms with Crippen LogP contribution >= 0.6 is 0 Å². The van der Waals surface area contributed by atoms with E-state index >= 15 is 0 Å². The Morgan fingerprint density at radius 3 is 2.57 bits per heavy atom. The summed E-state index contributed by atoms with van der Waals surface area (Å²) >= 11 is 0. The number of hydrogen-bond donors (Lipinski definition) is 1. The first-order valence-electron chi connectivity index (χ1n) is 7.47. The van der Waals surface area contributed by atoms with E-state index in [9.17, 15) is 9.90 Å². The zero-order valence-corrected chi connectivity index (χ0v) is 12.6. The third-order valence-electron chi connectivity index (χ3n) is 3.72. The molecule has 1 aromatic rings. The molecule has 0 aliphatic heterocycles. The van der Waals surface area contributed by atoms with Gasteiger partial charge in [0.25, 0.3) is 0 Å². The largest absolute Gasteiger partial charge is 0.511 e. The van der Waals surface area contributed by atoms with Crippen LogP contribution in [0.15, 0.2) is 53.8 Å². The van der Waals surface area contributed by atoms with Crippen LogP contribution in [0, 0.1) is 0 Å². The van der Waals surface area contributed by atoms with E-state index in [1.807, 2.05) is 31.2 Å². The summed E-state index contributed by atoms with van der Waals surface area (Å²) in [5.41, 5.74) is 0.476. The first-order valence-corrected chi connectivity index (χ1v) is 7.47. The van der Waals surface area contributed by atoms with Gasteiger partial charge in [-0.25, -0.2) is 0 Å². The molecule has 1 aliphatic rings. The molecule has 2 rings (SSSR count). The molecule has 0 fully saturated rings. The summed E-state index contributed by atoms with van der Waals surface area (Å²) in [4.78, 5) is 12.4. The van der Waals surface area contributed by atoms with Gasteiger partial charge in [0, 0.05) is 18.6 Å². The highest BCUT2D eigenvalue weighted by Gasteiger charge is 2.33. The molecule has 1 atom stereocenters. The highest BCUT2D eigenvalue weighted by atomic mass is 16.5. The van der Waals surface area contributed by atoms with E-state index in [4.69, 9.17) is 4.74 Å². The minimum atomic E-state index is -0.478. The number of benzene rings is 1. The average molecular weight is 286 g/mol. The summed E-state index contributed by atoms with van der Waals surface area (Å²) in [6.07, 6.45) is 5.78. The standard InChI is InChI=1S/C18H22O3/c1-3-11-18(21-4-2)12-10-15(16(19)13-18)17(20)14-8-6-5-7-9-14/h5-10,12,19H,3-4,11,13H2,1-2H3. The lowest BCUT2D eigenvalue weighted by Crippen LogP contribution is -2.33. The molecule has 0 amide bonds. The number of carbonyl (C=O) groups is 1. The molecule has 0 radical (unpaired) electrons. The van der Waals surface area contributed by atoms with Gasteiger partial charge in [-0.1, -0.05) is 49.8 Å². The number of ketones is 1. The van der Waals surface area contributed by atoms with E-state index in [1.54, 1.807) is 18.2 Å². The van der Waals surface area contributed by atoms with Crippen molar-refractivity contribution in [3.8, 4) is 0 Å².